The maximum atomic E-state index is 14.3. The second-order valence-electron chi connectivity index (χ2n) is 4.92. The number of carbonyl (C=O) groups excluding carboxylic acids is 1. The molecule has 8 heteroatoms. The Morgan fingerprint density at radius 2 is 2.21 bits per heavy atom. The third-order valence-electron chi connectivity index (χ3n) is 3.29. The fourth-order valence-corrected chi connectivity index (χ4v) is 3.26. The third-order valence-corrected chi connectivity index (χ3v) is 4.58. The molecule has 0 unspecified atom stereocenters. The molecule has 124 valence electrons. The quantitative estimate of drug-likeness (QED) is 0.681. The van der Waals surface area contributed by atoms with Crippen LogP contribution in [0, 0.1) is 5.82 Å². The van der Waals surface area contributed by atoms with Crippen molar-refractivity contribution in [3.63, 3.8) is 0 Å². The number of nitrogens with one attached hydrogen (secondary N) is 1. The van der Waals surface area contributed by atoms with Crippen LogP contribution >= 0.6 is 22.9 Å². The predicted octanol–water partition coefficient (Wildman–Crippen LogP) is 4.33. The van der Waals surface area contributed by atoms with Gasteiger partial charge in [-0.2, -0.15) is 0 Å². The number of thiophene rings is 1. The summed E-state index contributed by atoms with van der Waals surface area (Å²) in [6, 6.07) is 6.36. The van der Waals surface area contributed by atoms with Crippen LogP contribution < -0.4 is 5.32 Å². The van der Waals surface area contributed by atoms with E-state index in [1.54, 1.807) is 19.1 Å². The largest absolute Gasteiger partial charge is 0.466 e. The van der Waals surface area contributed by atoms with Gasteiger partial charge in [0.1, 0.15) is 5.82 Å². The number of fused-ring (bicyclic) bond motifs is 1. The van der Waals surface area contributed by atoms with Crippen LogP contribution in [-0.2, 0) is 16.0 Å². The van der Waals surface area contributed by atoms with E-state index < -0.39 is 5.82 Å². The molecule has 0 fully saturated rings. The second-order valence-corrected chi connectivity index (χ2v) is 6.20. The molecule has 0 amide bonds. The molecule has 0 aliphatic carbocycles. The zero-order valence-electron chi connectivity index (χ0n) is 12.7. The van der Waals surface area contributed by atoms with Crippen LogP contribution in [0.3, 0.4) is 0 Å². The molecule has 0 atom stereocenters. The van der Waals surface area contributed by atoms with Crippen LogP contribution in [-0.4, -0.2) is 22.8 Å². The normalized spacial score (nSPS) is 10.8. The fraction of sp³-hybridized carbons (Fsp3) is 0.188. The lowest BCUT2D eigenvalue weighted by atomic mass is 10.1. The molecule has 2 heterocycles. The summed E-state index contributed by atoms with van der Waals surface area (Å²) < 4.78 is 19.9. The summed E-state index contributed by atoms with van der Waals surface area (Å²) in [6.45, 7) is 2.02. The summed E-state index contributed by atoms with van der Waals surface area (Å²) >= 11 is 7.43. The Labute approximate surface area is 146 Å². The van der Waals surface area contributed by atoms with Gasteiger partial charge in [0, 0.05) is 5.39 Å². The highest BCUT2D eigenvalue weighted by atomic mass is 35.5. The summed E-state index contributed by atoms with van der Waals surface area (Å²) in [7, 11) is 0. The number of esters is 1. The van der Waals surface area contributed by atoms with Crippen molar-refractivity contribution in [3.8, 4) is 0 Å². The number of carbonyl (C=O) groups is 1. The van der Waals surface area contributed by atoms with E-state index in [1.165, 1.54) is 17.4 Å². The fourth-order valence-electron chi connectivity index (χ4n) is 2.22. The Balaban J connectivity index is 1.83. The smallest absolute Gasteiger partial charge is 0.310 e. The van der Waals surface area contributed by atoms with Gasteiger partial charge < -0.3 is 10.1 Å². The number of rotatable bonds is 5. The second kappa shape index (κ2) is 7.11. The van der Waals surface area contributed by atoms with E-state index >= 15 is 0 Å². The number of anilines is 2. The Morgan fingerprint density at radius 3 is 2.96 bits per heavy atom. The molecule has 5 nitrogen and oxygen atoms in total. The average molecular weight is 366 g/mol. The molecule has 0 spiro atoms. The summed E-state index contributed by atoms with van der Waals surface area (Å²) in [5, 5.41) is 13.7. The van der Waals surface area contributed by atoms with Crippen LogP contribution in [0.1, 0.15) is 12.5 Å². The van der Waals surface area contributed by atoms with Gasteiger partial charge in [-0.3, -0.25) is 4.79 Å². The number of halogens is 2. The maximum absolute atomic E-state index is 14.3. The lowest BCUT2D eigenvalue weighted by Gasteiger charge is -2.09. The highest BCUT2D eigenvalue weighted by molar-refractivity contribution is 7.17. The number of nitrogens with zero attached hydrogens (tertiary/aromatic N) is 2. The van der Waals surface area contributed by atoms with Gasteiger partial charge in [-0.1, -0.05) is 17.7 Å². The molecule has 1 aromatic carbocycles. The van der Waals surface area contributed by atoms with Crippen LogP contribution in [0.5, 0.6) is 0 Å². The minimum Gasteiger partial charge on any atom is -0.466 e. The van der Waals surface area contributed by atoms with Crippen molar-refractivity contribution in [1.29, 1.82) is 0 Å². The summed E-state index contributed by atoms with van der Waals surface area (Å²) in [6.07, 6.45) is 0.0283. The average Bonchev–Trinajstić information content (AvgIpc) is 3.03. The first-order valence-corrected chi connectivity index (χ1v) is 8.44. The Bertz CT molecular complexity index is 900. The first-order valence-electron chi connectivity index (χ1n) is 7.19. The highest BCUT2D eigenvalue weighted by Crippen LogP contribution is 2.32. The Hall–Kier alpha value is -2.25. The first-order chi connectivity index (χ1) is 11.6. The molecule has 1 N–H and O–H groups in total. The van der Waals surface area contributed by atoms with E-state index in [0.717, 1.165) is 10.1 Å². The van der Waals surface area contributed by atoms with E-state index in [9.17, 15) is 9.18 Å². The third kappa shape index (κ3) is 3.47. The predicted molar refractivity (Wildman–Crippen MR) is 92.4 cm³/mol. The minimum atomic E-state index is -0.489. The van der Waals surface area contributed by atoms with Gasteiger partial charge >= 0.3 is 5.97 Å². The lowest BCUT2D eigenvalue weighted by molar-refractivity contribution is -0.142. The molecule has 0 radical (unpaired) electrons. The SMILES string of the molecule is CCOC(=O)Cc1ccc(Nc2nnc(Cl)c3sccc23)c(F)c1. The Morgan fingerprint density at radius 1 is 1.38 bits per heavy atom. The number of aromatic nitrogens is 2. The zero-order valence-corrected chi connectivity index (χ0v) is 14.2. The Kier molecular flexibility index (Phi) is 4.92. The van der Waals surface area contributed by atoms with Gasteiger partial charge in [-0.05, 0) is 36.1 Å². The number of benzene rings is 1. The monoisotopic (exact) mass is 365 g/mol. The van der Waals surface area contributed by atoms with Crippen molar-refractivity contribution in [3.05, 3.63) is 46.2 Å². The highest BCUT2D eigenvalue weighted by Gasteiger charge is 2.12. The number of hydrogen-bond acceptors (Lipinski definition) is 6. The van der Waals surface area contributed by atoms with Crippen LogP contribution in [0.4, 0.5) is 15.9 Å². The number of ether oxygens (including phenoxy) is 1. The minimum absolute atomic E-state index is 0.0283. The summed E-state index contributed by atoms with van der Waals surface area (Å²) in [4.78, 5) is 11.5. The van der Waals surface area contributed by atoms with Gasteiger partial charge in [0.25, 0.3) is 0 Å². The van der Waals surface area contributed by atoms with E-state index in [1.807, 2.05) is 11.4 Å². The number of hydrogen-bond donors (Lipinski definition) is 1. The molecule has 0 bridgehead atoms. The van der Waals surface area contributed by atoms with Crippen molar-refractivity contribution in [2.45, 2.75) is 13.3 Å². The van der Waals surface area contributed by atoms with Gasteiger partial charge in [0.05, 0.1) is 23.4 Å². The van der Waals surface area contributed by atoms with Crippen LogP contribution in [0.15, 0.2) is 29.6 Å². The van der Waals surface area contributed by atoms with Crippen molar-refractivity contribution in [1.82, 2.24) is 10.2 Å². The van der Waals surface area contributed by atoms with E-state index in [0.29, 0.717) is 23.1 Å². The molecular weight excluding hydrogens is 353 g/mol. The molecule has 0 aliphatic rings. The van der Waals surface area contributed by atoms with E-state index in [4.69, 9.17) is 16.3 Å². The van der Waals surface area contributed by atoms with Crippen molar-refractivity contribution in [2.24, 2.45) is 0 Å². The molecule has 0 saturated heterocycles. The topological polar surface area (TPSA) is 64.1 Å². The molecule has 2 aromatic heterocycles. The van der Waals surface area contributed by atoms with Crippen molar-refractivity contribution < 1.29 is 13.9 Å². The zero-order chi connectivity index (χ0) is 17.1. The van der Waals surface area contributed by atoms with Crippen molar-refractivity contribution >= 4 is 50.5 Å². The van der Waals surface area contributed by atoms with Gasteiger partial charge in [-0.25, -0.2) is 4.39 Å². The summed E-state index contributed by atoms with van der Waals surface area (Å²) in [5.41, 5.74) is 0.783. The molecule has 3 rings (SSSR count). The van der Waals surface area contributed by atoms with Gasteiger partial charge in [0.15, 0.2) is 11.0 Å². The molecule has 0 aliphatic heterocycles. The van der Waals surface area contributed by atoms with Gasteiger partial charge in [-0.15, -0.1) is 21.5 Å². The molecule has 0 saturated carbocycles. The first kappa shape index (κ1) is 16.6. The molecule has 24 heavy (non-hydrogen) atoms. The van der Waals surface area contributed by atoms with E-state index in [2.05, 4.69) is 15.5 Å². The standard InChI is InChI=1S/C16H13ClFN3O2S/c1-2-23-13(22)8-9-3-4-12(11(18)7-9)19-16-10-5-6-24-14(10)15(17)20-21-16/h3-7H,2,8H2,1H3,(H,19,21). The lowest BCUT2D eigenvalue weighted by Crippen LogP contribution is -2.08. The van der Waals surface area contributed by atoms with Gasteiger partial charge in [0.2, 0.25) is 0 Å². The molecule has 3 aromatic rings. The maximum Gasteiger partial charge on any atom is 0.310 e. The molecular formula is C16H13ClFN3O2S. The van der Waals surface area contributed by atoms with E-state index in [-0.39, 0.29) is 18.1 Å². The van der Waals surface area contributed by atoms with Crippen LogP contribution in [0.2, 0.25) is 5.15 Å². The summed E-state index contributed by atoms with van der Waals surface area (Å²) in [5.74, 6) is -0.453. The van der Waals surface area contributed by atoms with Crippen molar-refractivity contribution in [2.75, 3.05) is 11.9 Å². The van der Waals surface area contributed by atoms with Crippen LogP contribution in [0.25, 0.3) is 10.1 Å².